The van der Waals surface area contributed by atoms with E-state index in [1.807, 2.05) is 18.2 Å². The summed E-state index contributed by atoms with van der Waals surface area (Å²) in [4.78, 5) is 30.4. The van der Waals surface area contributed by atoms with E-state index in [0.29, 0.717) is 23.5 Å². The van der Waals surface area contributed by atoms with Crippen LogP contribution in [-0.4, -0.2) is 39.7 Å². The maximum absolute atomic E-state index is 11.9. The first kappa shape index (κ1) is 17.5. The van der Waals surface area contributed by atoms with Crippen molar-refractivity contribution in [1.29, 1.82) is 0 Å². The van der Waals surface area contributed by atoms with Crippen LogP contribution in [0.3, 0.4) is 0 Å². The topological polar surface area (TPSA) is 119 Å². The first-order valence-corrected chi connectivity index (χ1v) is 8.69. The zero-order chi connectivity index (χ0) is 19.5. The molecule has 0 radical (unpaired) electrons. The zero-order valence-electron chi connectivity index (χ0n) is 14.8. The molecule has 0 aliphatic carbocycles. The van der Waals surface area contributed by atoms with Gasteiger partial charge in [-0.25, -0.2) is 4.79 Å². The molecule has 1 amide bonds. The number of carboxylic acids is 1. The van der Waals surface area contributed by atoms with E-state index in [1.54, 1.807) is 24.5 Å². The van der Waals surface area contributed by atoms with Gasteiger partial charge in [0.25, 0.3) is 5.91 Å². The average molecular weight is 375 g/mol. The van der Waals surface area contributed by atoms with Crippen LogP contribution in [0.1, 0.15) is 32.1 Å². The number of aromatic carboxylic acids is 1. The van der Waals surface area contributed by atoms with Gasteiger partial charge in [-0.3, -0.25) is 15.2 Å². The molecule has 1 aromatic carbocycles. The summed E-state index contributed by atoms with van der Waals surface area (Å²) >= 11 is 0. The smallest absolute Gasteiger partial charge is 0.335 e. The number of nitrogens with one attached hydrogen (secondary N) is 3. The highest BCUT2D eigenvalue weighted by molar-refractivity contribution is 5.98. The third kappa shape index (κ3) is 3.61. The normalized spacial score (nSPS) is 13.2. The highest BCUT2D eigenvalue weighted by Gasteiger charge is 2.19. The van der Waals surface area contributed by atoms with E-state index >= 15 is 0 Å². The van der Waals surface area contributed by atoms with Gasteiger partial charge >= 0.3 is 5.97 Å². The number of pyridine rings is 1. The first-order valence-electron chi connectivity index (χ1n) is 8.69. The summed E-state index contributed by atoms with van der Waals surface area (Å²) in [5.74, 6) is -1.03. The van der Waals surface area contributed by atoms with Crippen molar-refractivity contribution in [3.05, 3.63) is 71.2 Å². The van der Waals surface area contributed by atoms with Gasteiger partial charge in [-0.15, -0.1) is 0 Å². The van der Waals surface area contributed by atoms with Crippen LogP contribution in [0.25, 0.3) is 11.3 Å². The number of benzene rings is 1. The van der Waals surface area contributed by atoms with Crippen molar-refractivity contribution in [3.8, 4) is 11.3 Å². The van der Waals surface area contributed by atoms with Gasteiger partial charge in [0.15, 0.2) is 0 Å². The molecule has 0 saturated carbocycles. The summed E-state index contributed by atoms with van der Waals surface area (Å²) in [5.41, 5.74) is 7.75. The van der Waals surface area contributed by atoms with Gasteiger partial charge in [0.05, 0.1) is 28.7 Å². The Kier molecular flexibility index (Phi) is 4.59. The summed E-state index contributed by atoms with van der Waals surface area (Å²) < 4.78 is 0. The lowest BCUT2D eigenvalue weighted by Crippen LogP contribution is -2.31. The second kappa shape index (κ2) is 7.36. The summed E-state index contributed by atoms with van der Waals surface area (Å²) in [6.45, 7) is 0.638. The molecule has 140 valence electrons. The van der Waals surface area contributed by atoms with Crippen LogP contribution in [0.2, 0.25) is 0 Å². The second-order valence-corrected chi connectivity index (χ2v) is 6.30. The molecule has 0 saturated heterocycles. The highest BCUT2D eigenvalue weighted by atomic mass is 16.4. The summed E-state index contributed by atoms with van der Waals surface area (Å²) in [5, 5.41) is 15.9. The SMILES string of the molecule is O=C(O)c1ccc(N/N=C/c2cc(-c3cc4c([nH]3)CCNC4=O)ccn2)cc1. The molecule has 0 spiro atoms. The van der Waals surface area contributed by atoms with E-state index in [0.717, 1.165) is 23.4 Å². The fourth-order valence-corrected chi connectivity index (χ4v) is 3.00. The Morgan fingerprint density at radius 3 is 2.79 bits per heavy atom. The number of hydrogen-bond donors (Lipinski definition) is 4. The van der Waals surface area contributed by atoms with Crippen LogP contribution in [0.4, 0.5) is 5.69 Å². The molecule has 3 heterocycles. The molecule has 4 rings (SSSR count). The van der Waals surface area contributed by atoms with Gasteiger partial charge < -0.3 is 15.4 Å². The summed E-state index contributed by atoms with van der Waals surface area (Å²) in [6.07, 6.45) is 4.04. The number of carbonyl (C=O) groups excluding carboxylic acids is 1. The summed E-state index contributed by atoms with van der Waals surface area (Å²) in [7, 11) is 0. The highest BCUT2D eigenvalue weighted by Crippen LogP contribution is 2.24. The molecular formula is C20H17N5O3. The molecule has 0 atom stereocenters. The number of hydrogen-bond acceptors (Lipinski definition) is 5. The molecule has 3 aromatic rings. The third-order valence-electron chi connectivity index (χ3n) is 4.42. The van der Waals surface area contributed by atoms with E-state index in [9.17, 15) is 9.59 Å². The largest absolute Gasteiger partial charge is 0.478 e. The first-order chi connectivity index (χ1) is 13.6. The number of fused-ring (bicyclic) bond motifs is 1. The van der Waals surface area contributed by atoms with Gasteiger partial charge in [-0.1, -0.05) is 0 Å². The second-order valence-electron chi connectivity index (χ2n) is 6.30. The van der Waals surface area contributed by atoms with Crippen molar-refractivity contribution in [1.82, 2.24) is 15.3 Å². The molecule has 8 heteroatoms. The van der Waals surface area contributed by atoms with E-state index in [4.69, 9.17) is 5.11 Å². The molecule has 1 aliphatic rings. The van der Waals surface area contributed by atoms with Crippen LogP contribution in [0.5, 0.6) is 0 Å². The minimum atomic E-state index is -0.973. The van der Waals surface area contributed by atoms with Crippen LogP contribution in [-0.2, 0) is 6.42 Å². The third-order valence-corrected chi connectivity index (χ3v) is 4.42. The molecule has 0 unspecified atom stereocenters. The molecule has 1 aliphatic heterocycles. The number of aromatic amines is 1. The maximum atomic E-state index is 11.9. The Morgan fingerprint density at radius 2 is 2.04 bits per heavy atom. The lowest BCUT2D eigenvalue weighted by atomic mass is 10.1. The predicted octanol–water partition coefficient (Wildman–Crippen LogP) is 2.51. The lowest BCUT2D eigenvalue weighted by molar-refractivity contribution is 0.0696. The van der Waals surface area contributed by atoms with Crippen molar-refractivity contribution in [3.63, 3.8) is 0 Å². The van der Waals surface area contributed by atoms with Crippen molar-refractivity contribution in [2.24, 2.45) is 5.10 Å². The molecule has 8 nitrogen and oxygen atoms in total. The van der Waals surface area contributed by atoms with Gasteiger partial charge in [0, 0.05) is 36.1 Å². The van der Waals surface area contributed by atoms with Gasteiger partial charge in [0.1, 0.15) is 0 Å². The van der Waals surface area contributed by atoms with E-state index in [2.05, 4.69) is 25.8 Å². The van der Waals surface area contributed by atoms with Crippen molar-refractivity contribution in [2.75, 3.05) is 12.0 Å². The Balaban J connectivity index is 1.49. The van der Waals surface area contributed by atoms with Crippen molar-refractivity contribution in [2.45, 2.75) is 6.42 Å². The van der Waals surface area contributed by atoms with Crippen molar-refractivity contribution >= 4 is 23.8 Å². The Bertz CT molecular complexity index is 1070. The standard InChI is InChI=1S/C20H17N5O3/c26-19-16-10-18(24-17(16)6-8-22-19)13-5-7-21-15(9-13)11-23-25-14-3-1-12(2-4-14)20(27)28/h1-5,7,9-11,24-25H,6,8H2,(H,22,26)(H,27,28)/b23-11+. The molecular weight excluding hydrogens is 358 g/mol. The van der Waals surface area contributed by atoms with Crippen LogP contribution < -0.4 is 10.7 Å². The zero-order valence-corrected chi connectivity index (χ0v) is 14.8. The van der Waals surface area contributed by atoms with Gasteiger partial charge in [-0.2, -0.15) is 5.10 Å². The Hall–Kier alpha value is -3.94. The molecule has 2 aromatic heterocycles. The van der Waals surface area contributed by atoms with E-state index in [1.165, 1.54) is 12.1 Å². The fourth-order valence-electron chi connectivity index (χ4n) is 3.00. The molecule has 0 fully saturated rings. The van der Waals surface area contributed by atoms with E-state index < -0.39 is 5.97 Å². The number of nitrogens with zero attached hydrogens (tertiary/aromatic N) is 2. The van der Waals surface area contributed by atoms with Crippen LogP contribution >= 0.6 is 0 Å². The Morgan fingerprint density at radius 1 is 1.21 bits per heavy atom. The van der Waals surface area contributed by atoms with Gasteiger partial charge in [0.2, 0.25) is 0 Å². The minimum absolute atomic E-state index is 0.0577. The number of H-pyrrole nitrogens is 1. The number of anilines is 1. The monoisotopic (exact) mass is 375 g/mol. The minimum Gasteiger partial charge on any atom is -0.478 e. The number of carbonyl (C=O) groups is 2. The van der Waals surface area contributed by atoms with Crippen LogP contribution in [0, 0.1) is 0 Å². The van der Waals surface area contributed by atoms with Crippen molar-refractivity contribution < 1.29 is 14.7 Å². The molecule has 28 heavy (non-hydrogen) atoms. The number of aromatic nitrogens is 2. The number of rotatable bonds is 5. The van der Waals surface area contributed by atoms with E-state index in [-0.39, 0.29) is 11.5 Å². The fraction of sp³-hybridized carbons (Fsp3) is 0.100. The summed E-state index contributed by atoms with van der Waals surface area (Å²) in [6, 6.07) is 11.9. The Labute approximate surface area is 160 Å². The molecule has 0 bridgehead atoms. The maximum Gasteiger partial charge on any atom is 0.335 e. The number of amides is 1. The van der Waals surface area contributed by atoms with Crippen LogP contribution in [0.15, 0.2) is 53.8 Å². The molecule has 4 N–H and O–H groups in total. The average Bonchev–Trinajstić information content (AvgIpc) is 3.15. The number of hydrazone groups is 1. The number of carboxylic acid groups (broad SMARTS) is 1. The predicted molar refractivity (Wildman–Crippen MR) is 105 cm³/mol. The lowest BCUT2D eigenvalue weighted by Gasteiger charge is -2.10. The quantitative estimate of drug-likeness (QED) is 0.403. The van der Waals surface area contributed by atoms with Gasteiger partial charge in [-0.05, 0) is 42.5 Å².